The first kappa shape index (κ1) is 15.5. The van der Waals surface area contributed by atoms with Crippen molar-refractivity contribution >= 4 is 0 Å². The molecule has 1 aromatic heterocycles. The van der Waals surface area contributed by atoms with E-state index in [0.29, 0.717) is 6.04 Å². The van der Waals surface area contributed by atoms with Gasteiger partial charge in [0.05, 0.1) is 6.54 Å². The number of rotatable bonds is 6. The van der Waals surface area contributed by atoms with Crippen molar-refractivity contribution in [2.24, 2.45) is 11.8 Å². The lowest BCUT2D eigenvalue weighted by Crippen LogP contribution is -2.36. The minimum Gasteiger partial charge on any atom is -0.314 e. The molecule has 1 aliphatic rings. The van der Waals surface area contributed by atoms with E-state index in [1.807, 2.05) is 6.92 Å². The number of hydrogen-bond donors (Lipinski definition) is 1. The predicted octanol–water partition coefficient (Wildman–Crippen LogP) is 3.30. The average molecular weight is 278 g/mol. The first-order valence-corrected chi connectivity index (χ1v) is 8.25. The summed E-state index contributed by atoms with van der Waals surface area (Å²) in [6, 6.07) is 0.542. The van der Waals surface area contributed by atoms with Crippen LogP contribution < -0.4 is 5.32 Å². The highest BCUT2D eigenvalue weighted by Gasteiger charge is 2.24. The average Bonchev–Trinajstić information content (AvgIpc) is 2.85. The Hall–Kier alpha value is -0.900. The van der Waals surface area contributed by atoms with E-state index in [9.17, 15) is 0 Å². The number of aryl methyl sites for hydroxylation is 1. The Morgan fingerprint density at radius 2 is 1.90 bits per heavy atom. The van der Waals surface area contributed by atoms with Crippen LogP contribution in [-0.2, 0) is 13.1 Å². The van der Waals surface area contributed by atoms with Crippen LogP contribution in [0.3, 0.4) is 0 Å². The first-order valence-electron chi connectivity index (χ1n) is 8.25. The zero-order chi connectivity index (χ0) is 14.5. The monoisotopic (exact) mass is 278 g/mol. The molecule has 2 rings (SSSR count). The van der Waals surface area contributed by atoms with Crippen LogP contribution in [0, 0.1) is 18.8 Å². The summed E-state index contributed by atoms with van der Waals surface area (Å²) in [7, 11) is 0. The molecule has 0 saturated heterocycles. The van der Waals surface area contributed by atoms with Crippen molar-refractivity contribution in [3.05, 3.63) is 11.6 Å². The second-order valence-electron chi connectivity index (χ2n) is 6.33. The summed E-state index contributed by atoms with van der Waals surface area (Å²) < 4.78 is 2.19. The quantitative estimate of drug-likeness (QED) is 0.868. The number of nitrogens with one attached hydrogen (secondary N) is 1. The van der Waals surface area contributed by atoms with Gasteiger partial charge in [-0.05, 0) is 32.6 Å². The molecular weight excluding hydrogens is 248 g/mol. The predicted molar refractivity (Wildman–Crippen MR) is 82.5 cm³/mol. The number of nitrogens with zero attached hydrogens (tertiary/aromatic N) is 3. The Morgan fingerprint density at radius 1 is 1.20 bits per heavy atom. The summed E-state index contributed by atoms with van der Waals surface area (Å²) in [6.45, 7) is 10.7. The molecule has 0 spiro atoms. The van der Waals surface area contributed by atoms with Gasteiger partial charge in [-0.3, -0.25) is 0 Å². The molecule has 1 fully saturated rings. The molecule has 1 aromatic rings. The van der Waals surface area contributed by atoms with Gasteiger partial charge in [0.2, 0.25) is 0 Å². The summed E-state index contributed by atoms with van der Waals surface area (Å²) >= 11 is 0. The van der Waals surface area contributed by atoms with Gasteiger partial charge in [-0.1, -0.05) is 39.0 Å². The van der Waals surface area contributed by atoms with E-state index in [0.717, 1.165) is 36.6 Å². The van der Waals surface area contributed by atoms with Crippen molar-refractivity contribution in [2.75, 3.05) is 0 Å². The molecule has 1 N–H and O–H groups in total. The normalized spacial score (nSPS) is 20.0. The second kappa shape index (κ2) is 7.21. The maximum absolute atomic E-state index is 4.28. The molecule has 0 unspecified atom stereocenters. The lowest BCUT2D eigenvalue weighted by Gasteiger charge is -2.32. The first-order chi connectivity index (χ1) is 9.63. The third-order valence-electron chi connectivity index (χ3n) is 5.09. The van der Waals surface area contributed by atoms with E-state index in [2.05, 4.69) is 40.9 Å². The van der Waals surface area contributed by atoms with Crippen LogP contribution in [0.2, 0.25) is 0 Å². The third kappa shape index (κ3) is 3.60. The van der Waals surface area contributed by atoms with E-state index < -0.39 is 0 Å². The molecule has 1 heterocycles. The molecule has 4 heteroatoms. The van der Waals surface area contributed by atoms with Gasteiger partial charge in [-0.2, -0.15) is 0 Å². The molecule has 0 bridgehead atoms. The molecule has 4 nitrogen and oxygen atoms in total. The number of aromatic nitrogens is 3. The maximum atomic E-state index is 4.28. The van der Waals surface area contributed by atoms with Gasteiger partial charge >= 0.3 is 0 Å². The summed E-state index contributed by atoms with van der Waals surface area (Å²) in [5.41, 5.74) is 0. The highest BCUT2D eigenvalue weighted by atomic mass is 15.3. The van der Waals surface area contributed by atoms with Crippen LogP contribution in [0.4, 0.5) is 0 Å². The Bertz CT molecular complexity index is 407. The Kier molecular flexibility index (Phi) is 5.58. The van der Waals surface area contributed by atoms with Crippen LogP contribution in [0.15, 0.2) is 0 Å². The Morgan fingerprint density at radius 3 is 2.55 bits per heavy atom. The fourth-order valence-electron chi connectivity index (χ4n) is 3.47. The lowest BCUT2D eigenvalue weighted by molar-refractivity contribution is 0.217. The molecule has 2 atom stereocenters. The molecule has 114 valence electrons. The number of hydrogen-bond acceptors (Lipinski definition) is 3. The van der Waals surface area contributed by atoms with Crippen LogP contribution in [0.1, 0.15) is 64.5 Å². The smallest absolute Gasteiger partial charge is 0.146 e. The minimum absolute atomic E-state index is 0.542. The summed E-state index contributed by atoms with van der Waals surface area (Å²) in [6.07, 6.45) is 7.11. The van der Waals surface area contributed by atoms with E-state index >= 15 is 0 Å². The van der Waals surface area contributed by atoms with Crippen LogP contribution in [0.25, 0.3) is 0 Å². The van der Waals surface area contributed by atoms with E-state index in [4.69, 9.17) is 0 Å². The Balaban J connectivity index is 1.86. The van der Waals surface area contributed by atoms with Crippen LogP contribution in [0.5, 0.6) is 0 Å². The summed E-state index contributed by atoms with van der Waals surface area (Å²) in [5.74, 6) is 3.72. The standard InChI is InChI=1S/C16H30N4/c1-5-20-14(4)18-19-16(20)11-17-13(3)12(2)15-9-7-6-8-10-15/h12-13,15,17H,5-11H2,1-4H3/t12-,13-/m1/s1. The van der Waals surface area contributed by atoms with Gasteiger partial charge in [-0.25, -0.2) is 0 Å². The van der Waals surface area contributed by atoms with E-state index in [-0.39, 0.29) is 0 Å². The van der Waals surface area contributed by atoms with Crippen molar-refractivity contribution in [3.63, 3.8) is 0 Å². The van der Waals surface area contributed by atoms with Gasteiger partial charge in [0.25, 0.3) is 0 Å². The third-order valence-corrected chi connectivity index (χ3v) is 5.09. The minimum atomic E-state index is 0.542. The van der Waals surface area contributed by atoms with Gasteiger partial charge in [0.1, 0.15) is 11.6 Å². The zero-order valence-corrected chi connectivity index (χ0v) is 13.5. The lowest BCUT2D eigenvalue weighted by atomic mass is 9.78. The van der Waals surface area contributed by atoms with E-state index in [1.165, 1.54) is 32.1 Å². The van der Waals surface area contributed by atoms with Gasteiger partial charge in [-0.15, -0.1) is 10.2 Å². The molecule has 0 aromatic carbocycles. The fraction of sp³-hybridized carbons (Fsp3) is 0.875. The summed E-state index contributed by atoms with van der Waals surface area (Å²) in [4.78, 5) is 0. The SMILES string of the molecule is CCn1c(C)nnc1CN[C@H](C)[C@@H](C)C1CCCCC1. The molecule has 0 amide bonds. The van der Waals surface area contributed by atoms with Crippen molar-refractivity contribution in [3.8, 4) is 0 Å². The maximum Gasteiger partial charge on any atom is 0.146 e. The molecule has 20 heavy (non-hydrogen) atoms. The Labute approximate surface area is 123 Å². The van der Waals surface area contributed by atoms with Crippen LogP contribution >= 0.6 is 0 Å². The van der Waals surface area contributed by atoms with Crippen molar-refractivity contribution < 1.29 is 0 Å². The largest absolute Gasteiger partial charge is 0.314 e. The topological polar surface area (TPSA) is 42.7 Å². The molecular formula is C16H30N4. The van der Waals surface area contributed by atoms with Crippen LogP contribution in [-0.4, -0.2) is 20.8 Å². The molecule has 1 aliphatic carbocycles. The van der Waals surface area contributed by atoms with Crippen molar-refractivity contribution in [2.45, 2.75) is 78.9 Å². The molecule has 0 radical (unpaired) electrons. The highest BCUT2D eigenvalue weighted by Crippen LogP contribution is 2.31. The second-order valence-corrected chi connectivity index (χ2v) is 6.33. The summed E-state index contributed by atoms with van der Waals surface area (Å²) in [5, 5.41) is 12.1. The van der Waals surface area contributed by atoms with Crippen molar-refractivity contribution in [1.82, 2.24) is 20.1 Å². The molecule has 0 aliphatic heterocycles. The fourth-order valence-corrected chi connectivity index (χ4v) is 3.47. The van der Waals surface area contributed by atoms with Gasteiger partial charge < -0.3 is 9.88 Å². The van der Waals surface area contributed by atoms with Gasteiger partial charge in [0.15, 0.2) is 0 Å². The molecule has 1 saturated carbocycles. The zero-order valence-electron chi connectivity index (χ0n) is 13.5. The van der Waals surface area contributed by atoms with Gasteiger partial charge in [0, 0.05) is 12.6 Å². The van der Waals surface area contributed by atoms with Crippen molar-refractivity contribution in [1.29, 1.82) is 0 Å². The van der Waals surface area contributed by atoms with E-state index in [1.54, 1.807) is 0 Å². The highest BCUT2D eigenvalue weighted by molar-refractivity contribution is 4.94.